The van der Waals surface area contributed by atoms with E-state index in [0.29, 0.717) is 18.0 Å². The number of piperidine rings is 1. The van der Waals surface area contributed by atoms with Crippen LogP contribution in [0.1, 0.15) is 30.7 Å². The van der Waals surface area contributed by atoms with Crippen LogP contribution >= 0.6 is 0 Å². The van der Waals surface area contributed by atoms with Crippen LogP contribution in [0.5, 0.6) is 5.75 Å². The Kier molecular flexibility index (Phi) is 4.51. The number of likely N-dealkylation sites (tertiary alicyclic amines) is 1. The summed E-state index contributed by atoms with van der Waals surface area (Å²) in [5.41, 5.74) is 0.948. The van der Waals surface area contributed by atoms with Crippen LogP contribution in [0, 0.1) is 5.82 Å². The summed E-state index contributed by atoms with van der Waals surface area (Å²) in [6.45, 7) is 4.51. The number of aromatic nitrogens is 1. The van der Waals surface area contributed by atoms with Crippen LogP contribution in [-0.2, 0) is 4.74 Å². The number of hydrogen-bond donors (Lipinski definition) is 0. The lowest BCUT2D eigenvalue weighted by atomic mass is 9.86. The summed E-state index contributed by atoms with van der Waals surface area (Å²) in [5.74, 6) is 0.955. The van der Waals surface area contributed by atoms with Crippen LogP contribution in [0.15, 0.2) is 35.1 Å². The predicted molar refractivity (Wildman–Crippen MR) is 102 cm³/mol. The van der Waals surface area contributed by atoms with Crippen LogP contribution in [-0.4, -0.2) is 61.4 Å². The number of oxazole rings is 1. The lowest BCUT2D eigenvalue weighted by Crippen LogP contribution is -2.62. The summed E-state index contributed by atoms with van der Waals surface area (Å²) in [6, 6.07) is 5.98. The summed E-state index contributed by atoms with van der Waals surface area (Å²) < 4.78 is 30.8. The minimum absolute atomic E-state index is 0.0538. The summed E-state index contributed by atoms with van der Waals surface area (Å²) in [7, 11) is 1.65. The Morgan fingerprint density at radius 2 is 2.07 bits per heavy atom. The van der Waals surface area contributed by atoms with Crippen LogP contribution in [0.4, 0.5) is 10.4 Å². The zero-order valence-corrected chi connectivity index (χ0v) is 16.1. The quantitative estimate of drug-likeness (QED) is 0.804. The van der Waals surface area contributed by atoms with Gasteiger partial charge in [-0.05, 0) is 56.5 Å². The maximum absolute atomic E-state index is 13.7. The highest BCUT2D eigenvalue weighted by atomic mass is 19.1. The Balaban J connectivity index is 1.17. The van der Waals surface area contributed by atoms with Gasteiger partial charge in [-0.1, -0.05) is 0 Å². The maximum atomic E-state index is 13.7. The number of methoxy groups -OCH3 is 1. The van der Waals surface area contributed by atoms with Crippen molar-refractivity contribution in [2.24, 2.45) is 0 Å². The number of nitrogens with zero attached hydrogens (tertiary/aromatic N) is 3. The van der Waals surface area contributed by atoms with Gasteiger partial charge in [0.15, 0.2) is 0 Å². The fourth-order valence-corrected chi connectivity index (χ4v) is 5.03. The molecule has 0 aliphatic carbocycles. The third-order valence-corrected chi connectivity index (χ3v) is 6.51. The highest BCUT2D eigenvalue weighted by Crippen LogP contribution is 2.41. The van der Waals surface area contributed by atoms with Crippen molar-refractivity contribution in [1.29, 1.82) is 0 Å². The molecule has 150 valence electrons. The minimum atomic E-state index is -0.190. The van der Waals surface area contributed by atoms with Gasteiger partial charge in [0.1, 0.15) is 23.4 Å². The summed E-state index contributed by atoms with van der Waals surface area (Å²) in [6.07, 6.45) is 6.38. The zero-order chi connectivity index (χ0) is 19.1. The van der Waals surface area contributed by atoms with Crippen LogP contribution in [0.3, 0.4) is 0 Å². The molecule has 0 radical (unpaired) electrons. The summed E-state index contributed by atoms with van der Waals surface area (Å²) in [4.78, 5) is 8.89. The molecular weight excluding hydrogens is 361 g/mol. The Labute approximate surface area is 164 Å². The van der Waals surface area contributed by atoms with E-state index < -0.39 is 0 Å². The Morgan fingerprint density at radius 1 is 1.25 bits per heavy atom. The Morgan fingerprint density at radius 3 is 2.79 bits per heavy atom. The van der Waals surface area contributed by atoms with E-state index in [1.807, 2.05) is 0 Å². The number of anilines is 1. The van der Waals surface area contributed by atoms with E-state index in [4.69, 9.17) is 13.9 Å². The van der Waals surface area contributed by atoms with E-state index in [0.717, 1.165) is 63.4 Å². The topological polar surface area (TPSA) is 51.0 Å². The minimum Gasteiger partial charge on any atom is -0.496 e. The normalized spacial score (nSPS) is 25.2. The van der Waals surface area contributed by atoms with Gasteiger partial charge >= 0.3 is 0 Å². The average Bonchev–Trinajstić information content (AvgIpc) is 3.37. The van der Waals surface area contributed by atoms with Crippen molar-refractivity contribution < 1.29 is 18.3 Å². The smallest absolute Gasteiger partial charge is 0.297 e. The van der Waals surface area contributed by atoms with Gasteiger partial charge in [0.2, 0.25) is 0 Å². The molecule has 0 amide bonds. The number of rotatable bonds is 4. The molecule has 2 aromatic rings. The highest BCUT2D eigenvalue weighted by Gasteiger charge is 2.52. The van der Waals surface area contributed by atoms with Gasteiger partial charge in [-0.25, -0.2) is 9.37 Å². The van der Waals surface area contributed by atoms with Gasteiger partial charge in [0, 0.05) is 11.6 Å². The van der Waals surface area contributed by atoms with Gasteiger partial charge in [-0.15, -0.1) is 0 Å². The number of hydrogen-bond acceptors (Lipinski definition) is 6. The molecule has 4 heterocycles. The van der Waals surface area contributed by atoms with Crippen molar-refractivity contribution in [3.05, 3.63) is 42.0 Å². The first-order valence-electron chi connectivity index (χ1n) is 10.0. The highest BCUT2D eigenvalue weighted by molar-refractivity contribution is 5.37. The first-order chi connectivity index (χ1) is 13.7. The van der Waals surface area contributed by atoms with Gasteiger partial charge in [-0.3, -0.25) is 4.90 Å². The SMILES string of the molecule is COc1ccc(F)cc1C1CCN([C@@H]2COC3(C2)CN(c2ncco2)C3)CC1. The molecule has 1 aromatic carbocycles. The molecule has 3 fully saturated rings. The van der Waals surface area contributed by atoms with Crippen LogP contribution in [0.25, 0.3) is 0 Å². The maximum Gasteiger partial charge on any atom is 0.297 e. The average molecular weight is 387 g/mol. The van der Waals surface area contributed by atoms with E-state index in [-0.39, 0.29) is 11.4 Å². The molecule has 1 atom stereocenters. The molecule has 1 aromatic heterocycles. The standard InChI is InChI=1S/C21H26FN3O3/c1-26-19-3-2-16(22)10-18(19)15-4-7-24(8-5-15)17-11-21(28-12-17)13-25(14-21)20-23-6-9-27-20/h2-3,6,9-10,15,17H,4-5,7-8,11-14H2,1H3/t17-/m0/s1. The fraction of sp³-hybridized carbons (Fsp3) is 0.571. The second-order valence-electron chi connectivity index (χ2n) is 8.22. The molecule has 1 spiro atoms. The zero-order valence-electron chi connectivity index (χ0n) is 16.1. The molecule has 3 saturated heterocycles. The molecule has 6 nitrogen and oxygen atoms in total. The van der Waals surface area contributed by atoms with Gasteiger partial charge < -0.3 is 18.8 Å². The fourth-order valence-electron chi connectivity index (χ4n) is 5.03. The molecule has 0 bridgehead atoms. The molecule has 3 aliphatic rings. The first-order valence-corrected chi connectivity index (χ1v) is 10.0. The molecule has 5 rings (SSSR count). The van der Waals surface area contributed by atoms with Gasteiger partial charge in [0.05, 0.1) is 33.0 Å². The third-order valence-electron chi connectivity index (χ3n) is 6.51. The monoisotopic (exact) mass is 387 g/mol. The second-order valence-corrected chi connectivity index (χ2v) is 8.22. The van der Waals surface area contributed by atoms with Crippen molar-refractivity contribution >= 4 is 6.01 Å². The van der Waals surface area contributed by atoms with E-state index in [1.165, 1.54) is 6.07 Å². The van der Waals surface area contributed by atoms with Crippen molar-refractivity contribution in [3.63, 3.8) is 0 Å². The van der Waals surface area contributed by atoms with Crippen molar-refractivity contribution in [2.75, 3.05) is 44.8 Å². The van der Waals surface area contributed by atoms with Crippen LogP contribution < -0.4 is 9.64 Å². The lowest BCUT2D eigenvalue weighted by molar-refractivity contribution is -0.0215. The number of ether oxygens (including phenoxy) is 2. The lowest BCUT2D eigenvalue weighted by Gasteiger charge is -2.46. The van der Waals surface area contributed by atoms with Crippen molar-refractivity contribution in [2.45, 2.75) is 36.8 Å². The Bertz CT molecular complexity index is 814. The van der Waals surface area contributed by atoms with E-state index in [9.17, 15) is 4.39 Å². The van der Waals surface area contributed by atoms with Gasteiger partial charge in [0.25, 0.3) is 6.01 Å². The summed E-state index contributed by atoms with van der Waals surface area (Å²) >= 11 is 0. The van der Waals surface area contributed by atoms with Crippen molar-refractivity contribution in [1.82, 2.24) is 9.88 Å². The molecule has 7 heteroatoms. The number of halogens is 1. The molecule has 3 aliphatic heterocycles. The third kappa shape index (κ3) is 3.16. The molecule has 28 heavy (non-hydrogen) atoms. The van der Waals surface area contributed by atoms with E-state index >= 15 is 0 Å². The largest absolute Gasteiger partial charge is 0.496 e. The molecular formula is C21H26FN3O3. The first kappa shape index (κ1) is 17.9. The van der Waals surface area contributed by atoms with Crippen LogP contribution in [0.2, 0.25) is 0 Å². The Hall–Kier alpha value is -2.12. The summed E-state index contributed by atoms with van der Waals surface area (Å²) in [5, 5.41) is 0. The van der Waals surface area contributed by atoms with Gasteiger partial charge in [-0.2, -0.15) is 0 Å². The molecule has 0 N–H and O–H groups in total. The molecule has 0 unspecified atom stereocenters. The predicted octanol–water partition coefficient (Wildman–Crippen LogP) is 3.05. The number of benzene rings is 1. The molecule has 0 saturated carbocycles. The van der Waals surface area contributed by atoms with E-state index in [1.54, 1.807) is 31.7 Å². The second kappa shape index (κ2) is 7.04. The van der Waals surface area contributed by atoms with Crippen molar-refractivity contribution in [3.8, 4) is 5.75 Å². The van der Waals surface area contributed by atoms with E-state index in [2.05, 4.69) is 14.8 Å².